The van der Waals surface area contributed by atoms with Gasteiger partial charge >= 0.3 is 0 Å². The summed E-state index contributed by atoms with van der Waals surface area (Å²) in [4.78, 5) is 2.39. The highest BCUT2D eigenvalue weighted by Crippen LogP contribution is 2.49. The summed E-state index contributed by atoms with van der Waals surface area (Å²) < 4.78 is 6.52. The van der Waals surface area contributed by atoms with Gasteiger partial charge < -0.3 is 9.32 Å². The van der Waals surface area contributed by atoms with E-state index >= 15 is 0 Å². The molecule has 0 aliphatic carbocycles. The second-order valence-electron chi connectivity index (χ2n) is 15.2. The molecule has 0 fully saturated rings. The van der Waals surface area contributed by atoms with Gasteiger partial charge in [-0.05, 0) is 97.2 Å². The molecule has 0 aliphatic rings. The average Bonchev–Trinajstić information content (AvgIpc) is 3.70. The maximum absolute atomic E-state index is 6.52. The first-order chi connectivity index (χ1) is 29.8. The number of hydrogen-bond acceptors (Lipinski definition) is 2. The van der Waals surface area contributed by atoms with E-state index < -0.39 is 0 Å². The van der Waals surface area contributed by atoms with Crippen molar-refractivity contribution in [2.45, 2.75) is 0 Å². The van der Waals surface area contributed by atoms with E-state index in [0.717, 1.165) is 50.1 Å². The smallest absolute Gasteiger partial charge is 0.137 e. The van der Waals surface area contributed by atoms with Crippen molar-refractivity contribution < 1.29 is 4.42 Å². The van der Waals surface area contributed by atoms with Gasteiger partial charge in [0.15, 0.2) is 0 Å². The van der Waals surface area contributed by atoms with Crippen LogP contribution in [0, 0.1) is 0 Å². The summed E-state index contributed by atoms with van der Waals surface area (Å²) in [5.41, 5.74) is 16.6. The van der Waals surface area contributed by atoms with Crippen LogP contribution in [-0.2, 0) is 0 Å². The van der Waals surface area contributed by atoms with Crippen molar-refractivity contribution in [1.29, 1.82) is 0 Å². The van der Waals surface area contributed by atoms with Crippen molar-refractivity contribution in [2.75, 3.05) is 4.90 Å². The van der Waals surface area contributed by atoms with Gasteiger partial charge in [-0.15, -0.1) is 0 Å². The fraction of sp³-hybridized carbons (Fsp3) is 0. The van der Waals surface area contributed by atoms with E-state index in [-0.39, 0.29) is 0 Å². The monoisotopic (exact) mass is 765 g/mol. The largest absolute Gasteiger partial charge is 0.456 e. The molecular formula is C58H39NO. The van der Waals surface area contributed by atoms with Crippen LogP contribution in [-0.4, -0.2) is 0 Å². The molecule has 282 valence electrons. The number of benzene rings is 10. The van der Waals surface area contributed by atoms with E-state index in [1.807, 2.05) is 12.1 Å². The number of nitrogens with zero attached hydrogens (tertiary/aromatic N) is 1. The number of fused-ring (bicyclic) bond motifs is 4. The predicted molar refractivity (Wildman–Crippen MR) is 253 cm³/mol. The van der Waals surface area contributed by atoms with E-state index in [4.69, 9.17) is 4.42 Å². The second-order valence-corrected chi connectivity index (χ2v) is 15.2. The zero-order valence-electron chi connectivity index (χ0n) is 32.9. The molecule has 60 heavy (non-hydrogen) atoms. The summed E-state index contributed by atoms with van der Waals surface area (Å²) in [7, 11) is 0. The molecule has 0 bridgehead atoms. The minimum atomic E-state index is 0.854. The van der Waals surface area contributed by atoms with E-state index in [2.05, 4.69) is 229 Å². The van der Waals surface area contributed by atoms with Crippen LogP contribution in [0.15, 0.2) is 241 Å². The number of anilines is 3. The molecule has 0 radical (unpaired) electrons. The molecule has 2 nitrogen and oxygen atoms in total. The fourth-order valence-corrected chi connectivity index (χ4v) is 8.94. The molecule has 1 heterocycles. The maximum Gasteiger partial charge on any atom is 0.137 e. The topological polar surface area (TPSA) is 16.4 Å². The Hall–Kier alpha value is -7.94. The molecule has 0 saturated carbocycles. The Morgan fingerprint density at radius 3 is 1.60 bits per heavy atom. The summed E-state index contributed by atoms with van der Waals surface area (Å²) in [6.07, 6.45) is 0. The SMILES string of the molecule is c1ccc(-c2ccccc2-c2c(-c3ccccc3)cccc2-c2ccccc2N(c2ccc(-c3cccc4ccccc34)cc2)c2ccc3c(c2)oc2ccccc23)cc1. The second kappa shape index (κ2) is 15.1. The lowest BCUT2D eigenvalue weighted by molar-refractivity contribution is 0.669. The molecule has 0 amide bonds. The van der Waals surface area contributed by atoms with Crippen LogP contribution in [0.25, 0.3) is 88.3 Å². The molecule has 0 spiro atoms. The van der Waals surface area contributed by atoms with E-state index in [1.165, 1.54) is 55.3 Å². The van der Waals surface area contributed by atoms with Gasteiger partial charge in [0, 0.05) is 33.8 Å². The lowest BCUT2D eigenvalue weighted by atomic mass is 9.84. The van der Waals surface area contributed by atoms with Gasteiger partial charge in [-0.25, -0.2) is 0 Å². The van der Waals surface area contributed by atoms with Gasteiger partial charge in [0.05, 0.1) is 5.69 Å². The number of para-hydroxylation sites is 2. The standard InChI is InChI=1S/C58H39NO/c1-3-17-40(18-4-1)48-24-9-10-27-53(48)58-49(42-19-5-2-6-20-42)29-16-30-54(58)50-25-11-13-31-55(50)59(45-37-38-52-51-26-12-14-32-56(51)60-57(52)39-45)44-35-33-43(34-36-44)47-28-15-22-41-21-7-8-23-46(41)47/h1-39H. The molecule has 0 aliphatic heterocycles. The van der Waals surface area contributed by atoms with Crippen LogP contribution in [0.5, 0.6) is 0 Å². The van der Waals surface area contributed by atoms with Crippen molar-refractivity contribution in [2.24, 2.45) is 0 Å². The Kier molecular flexibility index (Phi) is 8.87. The quantitative estimate of drug-likeness (QED) is 0.153. The highest BCUT2D eigenvalue weighted by atomic mass is 16.3. The van der Waals surface area contributed by atoms with Gasteiger partial charge in [0.25, 0.3) is 0 Å². The molecule has 11 aromatic rings. The number of hydrogen-bond donors (Lipinski definition) is 0. The first-order valence-electron chi connectivity index (χ1n) is 20.5. The van der Waals surface area contributed by atoms with Crippen LogP contribution >= 0.6 is 0 Å². The predicted octanol–water partition coefficient (Wildman–Crippen LogP) is 16.5. The van der Waals surface area contributed by atoms with Crippen molar-refractivity contribution in [3.8, 4) is 55.6 Å². The Labute approximate surface area is 349 Å². The third kappa shape index (κ3) is 6.23. The van der Waals surface area contributed by atoms with Gasteiger partial charge in [0.2, 0.25) is 0 Å². The molecule has 0 unspecified atom stereocenters. The van der Waals surface area contributed by atoms with Crippen LogP contribution in [0.1, 0.15) is 0 Å². The van der Waals surface area contributed by atoms with Crippen LogP contribution < -0.4 is 4.90 Å². The zero-order valence-corrected chi connectivity index (χ0v) is 32.9. The average molecular weight is 766 g/mol. The molecule has 0 saturated heterocycles. The summed E-state index contributed by atoms with van der Waals surface area (Å²) in [5, 5.41) is 4.69. The maximum atomic E-state index is 6.52. The minimum Gasteiger partial charge on any atom is -0.456 e. The minimum absolute atomic E-state index is 0.854. The summed E-state index contributed by atoms with van der Waals surface area (Å²) >= 11 is 0. The number of rotatable bonds is 8. The molecule has 10 aromatic carbocycles. The lowest BCUT2D eigenvalue weighted by Gasteiger charge is -2.29. The van der Waals surface area contributed by atoms with Gasteiger partial charge in [-0.1, -0.05) is 194 Å². The first kappa shape index (κ1) is 35.2. The molecule has 11 rings (SSSR count). The van der Waals surface area contributed by atoms with Crippen LogP contribution in [0.4, 0.5) is 17.1 Å². The third-order valence-electron chi connectivity index (χ3n) is 11.7. The van der Waals surface area contributed by atoms with Gasteiger partial charge in [-0.3, -0.25) is 0 Å². The normalized spacial score (nSPS) is 11.3. The highest BCUT2D eigenvalue weighted by molar-refractivity contribution is 6.07. The van der Waals surface area contributed by atoms with Crippen molar-refractivity contribution in [3.05, 3.63) is 237 Å². The van der Waals surface area contributed by atoms with Gasteiger partial charge in [-0.2, -0.15) is 0 Å². The zero-order chi connectivity index (χ0) is 39.8. The van der Waals surface area contributed by atoms with E-state index in [1.54, 1.807) is 0 Å². The number of furan rings is 1. The molecule has 0 atom stereocenters. The first-order valence-corrected chi connectivity index (χ1v) is 20.5. The van der Waals surface area contributed by atoms with Crippen molar-refractivity contribution in [3.63, 3.8) is 0 Å². The van der Waals surface area contributed by atoms with Crippen molar-refractivity contribution >= 4 is 49.8 Å². The van der Waals surface area contributed by atoms with Crippen LogP contribution in [0.2, 0.25) is 0 Å². The summed E-state index contributed by atoms with van der Waals surface area (Å²) in [5.74, 6) is 0. The Morgan fingerprint density at radius 1 is 0.283 bits per heavy atom. The Balaban J connectivity index is 1.15. The summed E-state index contributed by atoms with van der Waals surface area (Å²) in [6.45, 7) is 0. The molecular weight excluding hydrogens is 727 g/mol. The highest BCUT2D eigenvalue weighted by Gasteiger charge is 2.23. The van der Waals surface area contributed by atoms with Gasteiger partial charge in [0.1, 0.15) is 11.2 Å². The molecule has 2 heteroatoms. The molecule has 0 N–H and O–H groups in total. The van der Waals surface area contributed by atoms with E-state index in [9.17, 15) is 0 Å². The Morgan fingerprint density at radius 2 is 0.800 bits per heavy atom. The third-order valence-corrected chi connectivity index (χ3v) is 11.7. The lowest BCUT2D eigenvalue weighted by Crippen LogP contribution is -2.11. The summed E-state index contributed by atoms with van der Waals surface area (Å²) in [6, 6.07) is 84.9. The van der Waals surface area contributed by atoms with Crippen molar-refractivity contribution in [1.82, 2.24) is 0 Å². The molecule has 1 aromatic heterocycles. The Bertz CT molecular complexity index is 3300. The van der Waals surface area contributed by atoms with Crippen LogP contribution in [0.3, 0.4) is 0 Å². The van der Waals surface area contributed by atoms with E-state index in [0.29, 0.717) is 0 Å². The fourth-order valence-electron chi connectivity index (χ4n) is 8.94.